The summed E-state index contributed by atoms with van der Waals surface area (Å²) < 4.78 is 36.6. The summed E-state index contributed by atoms with van der Waals surface area (Å²) in [4.78, 5) is 22.2. The number of amides is 1. The molecule has 0 atom stereocenters. The first-order chi connectivity index (χ1) is 12.4. The third-order valence-corrected chi connectivity index (χ3v) is 4.62. The monoisotopic (exact) mass is 382 g/mol. The van der Waals surface area contributed by atoms with Gasteiger partial charge in [0.2, 0.25) is 10.0 Å². The molecule has 0 saturated heterocycles. The second kappa shape index (κ2) is 9.13. The van der Waals surface area contributed by atoms with Gasteiger partial charge in [-0.15, -0.1) is 0 Å². The molecule has 0 aliphatic rings. The fourth-order valence-corrected chi connectivity index (χ4v) is 2.94. The molecule has 0 bridgehead atoms. The van der Waals surface area contributed by atoms with Crippen molar-refractivity contribution in [3.63, 3.8) is 0 Å². The molecule has 10 heteroatoms. The summed E-state index contributed by atoms with van der Waals surface area (Å²) >= 11 is 0. The van der Waals surface area contributed by atoms with Crippen LogP contribution in [0.3, 0.4) is 0 Å². The maximum absolute atomic E-state index is 12.2. The van der Waals surface area contributed by atoms with Crippen molar-refractivity contribution >= 4 is 21.9 Å². The normalized spacial score (nSPS) is 11.2. The van der Waals surface area contributed by atoms with E-state index >= 15 is 0 Å². The molecular weight excluding hydrogens is 364 g/mol. The average molecular weight is 382 g/mol. The molecular formula is C16H18N2O7S. The number of furan rings is 1. The molecule has 0 saturated carbocycles. The third kappa shape index (κ3) is 5.99. The second-order valence-corrected chi connectivity index (χ2v) is 6.90. The predicted molar refractivity (Wildman–Crippen MR) is 90.0 cm³/mol. The van der Waals surface area contributed by atoms with Crippen molar-refractivity contribution in [3.05, 3.63) is 54.0 Å². The highest BCUT2D eigenvalue weighted by Gasteiger charge is 2.15. The Morgan fingerprint density at radius 1 is 1.15 bits per heavy atom. The van der Waals surface area contributed by atoms with Crippen LogP contribution in [0.4, 0.5) is 0 Å². The number of hydrogen-bond donors (Lipinski definition) is 3. The van der Waals surface area contributed by atoms with Crippen LogP contribution in [0.2, 0.25) is 0 Å². The SMILES string of the molecule is O=C(O)COCCNC(=O)c1ccc(S(=O)(=O)NCc2ccco2)cc1. The van der Waals surface area contributed by atoms with E-state index in [1.54, 1.807) is 12.1 Å². The number of carboxylic acids is 1. The summed E-state index contributed by atoms with van der Waals surface area (Å²) in [5.74, 6) is -1.03. The van der Waals surface area contributed by atoms with Crippen molar-refractivity contribution in [2.24, 2.45) is 0 Å². The zero-order chi connectivity index (χ0) is 19.0. The van der Waals surface area contributed by atoms with E-state index in [0.717, 1.165) is 0 Å². The molecule has 2 rings (SSSR count). The van der Waals surface area contributed by atoms with Crippen LogP contribution in [0, 0.1) is 0 Å². The summed E-state index contributed by atoms with van der Waals surface area (Å²) in [5.41, 5.74) is 0.271. The first-order valence-corrected chi connectivity index (χ1v) is 9.06. The molecule has 1 amide bonds. The van der Waals surface area contributed by atoms with Crippen LogP contribution in [0.25, 0.3) is 0 Å². The molecule has 0 radical (unpaired) electrons. The lowest BCUT2D eigenvalue weighted by molar-refractivity contribution is -0.142. The number of sulfonamides is 1. The molecule has 0 fully saturated rings. The lowest BCUT2D eigenvalue weighted by Crippen LogP contribution is -2.28. The Kier molecular flexibility index (Phi) is 6.89. The van der Waals surface area contributed by atoms with Gasteiger partial charge < -0.3 is 19.6 Å². The first-order valence-electron chi connectivity index (χ1n) is 7.58. The van der Waals surface area contributed by atoms with Crippen LogP contribution in [-0.4, -0.2) is 45.2 Å². The zero-order valence-electron chi connectivity index (χ0n) is 13.7. The quantitative estimate of drug-likeness (QED) is 0.512. The number of aliphatic carboxylic acids is 1. The van der Waals surface area contributed by atoms with E-state index in [9.17, 15) is 18.0 Å². The highest BCUT2D eigenvalue weighted by Crippen LogP contribution is 2.11. The number of hydrogen-bond acceptors (Lipinski definition) is 6. The van der Waals surface area contributed by atoms with Gasteiger partial charge in [-0.1, -0.05) is 0 Å². The molecule has 140 valence electrons. The van der Waals surface area contributed by atoms with Gasteiger partial charge >= 0.3 is 5.97 Å². The summed E-state index contributed by atoms with van der Waals surface area (Å²) in [6.45, 7) is -0.223. The molecule has 2 aromatic rings. The fraction of sp³-hybridized carbons (Fsp3) is 0.250. The number of carbonyl (C=O) groups excluding carboxylic acids is 1. The topological polar surface area (TPSA) is 135 Å². The van der Waals surface area contributed by atoms with E-state index < -0.39 is 28.5 Å². The van der Waals surface area contributed by atoms with Crippen molar-refractivity contribution in [3.8, 4) is 0 Å². The van der Waals surface area contributed by atoms with E-state index in [4.69, 9.17) is 14.3 Å². The van der Waals surface area contributed by atoms with Gasteiger partial charge in [-0.2, -0.15) is 0 Å². The van der Waals surface area contributed by atoms with Crippen molar-refractivity contribution in [2.75, 3.05) is 19.8 Å². The van der Waals surface area contributed by atoms with Gasteiger partial charge in [0, 0.05) is 12.1 Å². The van der Waals surface area contributed by atoms with Crippen molar-refractivity contribution in [1.29, 1.82) is 0 Å². The van der Waals surface area contributed by atoms with Crippen LogP contribution >= 0.6 is 0 Å². The zero-order valence-corrected chi connectivity index (χ0v) is 14.5. The molecule has 26 heavy (non-hydrogen) atoms. The van der Waals surface area contributed by atoms with Gasteiger partial charge in [0.05, 0.1) is 24.3 Å². The van der Waals surface area contributed by atoms with Gasteiger partial charge in [-0.25, -0.2) is 17.9 Å². The summed E-state index contributed by atoms with van der Waals surface area (Å²) in [6.07, 6.45) is 1.45. The smallest absolute Gasteiger partial charge is 0.329 e. The number of carbonyl (C=O) groups is 2. The van der Waals surface area contributed by atoms with E-state index in [2.05, 4.69) is 10.0 Å². The molecule has 0 spiro atoms. The Bertz CT molecular complexity index is 830. The summed E-state index contributed by atoms with van der Waals surface area (Å²) in [6, 6.07) is 8.71. The van der Waals surface area contributed by atoms with Crippen LogP contribution in [0.5, 0.6) is 0 Å². The van der Waals surface area contributed by atoms with Gasteiger partial charge in [0.25, 0.3) is 5.91 Å². The number of rotatable bonds is 10. The third-order valence-electron chi connectivity index (χ3n) is 3.20. The molecule has 1 aromatic heterocycles. The van der Waals surface area contributed by atoms with E-state index in [-0.39, 0.29) is 30.2 Å². The summed E-state index contributed by atoms with van der Waals surface area (Å²) in [7, 11) is -3.73. The molecule has 3 N–H and O–H groups in total. The highest BCUT2D eigenvalue weighted by atomic mass is 32.2. The van der Waals surface area contributed by atoms with Crippen molar-refractivity contribution in [2.45, 2.75) is 11.4 Å². The molecule has 0 aliphatic heterocycles. The van der Waals surface area contributed by atoms with Gasteiger partial charge in [0.15, 0.2) is 0 Å². The minimum Gasteiger partial charge on any atom is -0.480 e. The Morgan fingerprint density at radius 2 is 1.88 bits per heavy atom. The Hall–Kier alpha value is -2.69. The molecule has 1 aromatic carbocycles. The van der Waals surface area contributed by atoms with Crippen molar-refractivity contribution in [1.82, 2.24) is 10.0 Å². The van der Waals surface area contributed by atoms with Crippen molar-refractivity contribution < 1.29 is 32.3 Å². The molecule has 1 heterocycles. The molecule has 0 aliphatic carbocycles. The number of carboxylic acid groups (broad SMARTS) is 1. The van der Waals surface area contributed by atoms with Crippen LogP contribution in [0.1, 0.15) is 16.1 Å². The van der Waals surface area contributed by atoms with Crippen LogP contribution in [0.15, 0.2) is 52.0 Å². The molecule has 9 nitrogen and oxygen atoms in total. The van der Waals surface area contributed by atoms with Crippen LogP contribution in [-0.2, 0) is 26.1 Å². The predicted octanol–water partition coefficient (Wildman–Crippen LogP) is 0.589. The van der Waals surface area contributed by atoms with Crippen LogP contribution < -0.4 is 10.0 Å². The number of benzene rings is 1. The number of nitrogens with one attached hydrogen (secondary N) is 2. The van der Waals surface area contributed by atoms with Gasteiger partial charge in [-0.3, -0.25) is 4.79 Å². The largest absolute Gasteiger partial charge is 0.480 e. The minimum atomic E-state index is -3.73. The number of ether oxygens (including phenoxy) is 1. The highest BCUT2D eigenvalue weighted by molar-refractivity contribution is 7.89. The lowest BCUT2D eigenvalue weighted by Gasteiger charge is -2.08. The minimum absolute atomic E-state index is 0.0189. The Morgan fingerprint density at radius 3 is 2.50 bits per heavy atom. The van der Waals surface area contributed by atoms with E-state index in [0.29, 0.717) is 5.76 Å². The maximum atomic E-state index is 12.2. The van der Waals surface area contributed by atoms with Gasteiger partial charge in [-0.05, 0) is 36.4 Å². The first kappa shape index (κ1) is 19.6. The Labute approximate surface area is 150 Å². The van der Waals surface area contributed by atoms with Gasteiger partial charge in [0.1, 0.15) is 12.4 Å². The standard InChI is InChI=1S/C16H18N2O7S/c19-15(20)11-24-9-7-17-16(21)12-3-5-14(6-4-12)26(22,23)18-10-13-2-1-8-25-13/h1-6,8,18H,7,9-11H2,(H,17,21)(H,19,20). The lowest BCUT2D eigenvalue weighted by atomic mass is 10.2. The average Bonchev–Trinajstić information content (AvgIpc) is 3.13. The Balaban J connectivity index is 1.86. The fourth-order valence-electron chi connectivity index (χ4n) is 1.95. The second-order valence-electron chi connectivity index (χ2n) is 5.13. The van der Waals surface area contributed by atoms with E-state index in [1.807, 2.05) is 0 Å². The maximum Gasteiger partial charge on any atom is 0.329 e. The molecule has 0 unspecified atom stereocenters. The van der Waals surface area contributed by atoms with E-state index in [1.165, 1.54) is 30.5 Å². The summed E-state index contributed by atoms with van der Waals surface area (Å²) in [5, 5.41) is 11.0.